The fraction of sp³-hybridized carbons (Fsp3) is 0.600. The van der Waals surface area contributed by atoms with E-state index in [1.807, 2.05) is 0 Å². The Bertz CT molecular complexity index is 409. The van der Waals surface area contributed by atoms with E-state index >= 15 is 0 Å². The number of nitrogens with zero attached hydrogens (tertiary/aromatic N) is 1. The number of hydrogen-bond acceptors (Lipinski definition) is 6. The molecule has 0 spiro atoms. The van der Waals surface area contributed by atoms with E-state index in [1.54, 1.807) is 6.92 Å². The minimum atomic E-state index is -4.32. The predicted octanol–water partition coefficient (Wildman–Crippen LogP) is 2.31. The maximum Gasteiger partial charge on any atom is 0.411 e. The van der Waals surface area contributed by atoms with Crippen LogP contribution in [-0.4, -0.2) is 43.5 Å². The van der Waals surface area contributed by atoms with Crippen molar-refractivity contribution in [3.05, 3.63) is 11.1 Å². The summed E-state index contributed by atoms with van der Waals surface area (Å²) in [6.07, 6.45) is -4.32. The monoisotopic (exact) mass is 298 g/mol. The number of halogens is 3. The van der Waals surface area contributed by atoms with Gasteiger partial charge in [0.25, 0.3) is 0 Å². The summed E-state index contributed by atoms with van der Waals surface area (Å²) >= 11 is 1.17. The summed E-state index contributed by atoms with van der Waals surface area (Å²) < 4.78 is 44.5. The molecule has 0 fully saturated rings. The van der Waals surface area contributed by atoms with Gasteiger partial charge < -0.3 is 14.8 Å². The van der Waals surface area contributed by atoms with Crippen molar-refractivity contribution in [2.75, 3.05) is 31.7 Å². The number of carbonyl (C=O) groups is 1. The molecule has 0 unspecified atom stereocenters. The Kier molecular flexibility index (Phi) is 6.03. The molecule has 0 aromatic carbocycles. The molecule has 0 amide bonds. The summed E-state index contributed by atoms with van der Waals surface area (Å²) in [7, 11) is 0. The number of nitrogens with one attached hydrogen (secondary N) is 1. The van der Waals surface area contributed by atoms with E-state index in [0.29, 0.717) is 5.13 Å². The number of carbonyl (C=O) groups excluding carboxylic acids is 1. The Morgan fingerprint density at radius 3 is 2.89 bits per heavy atom. The van der Waals surface area contributed by atoms with Crippen molar-refractivity contribution >= 4 is 22.4 Å². The number of esters is 1. The zero-order chi connectivity index (χ0) is 14.3. The van der Waals surface area contributed by atoms with E-state index in [1.165, 1.54) is 16.7 Å². The number of rotatable bonds is 7. The van der Waals surface area contributed by atoms with Crippen LogP contribution in [0.2, 0.25) is 0 Å². The van der Waals surface area contributed by atoms with E-state index in [4.69, 9.17) is 4.74 Å². The Balaban J connectivity index is 2.25. The van der Waals surface area contributed by atoms with Crippen LogP contribution in [0.4, 0.5) is 18.3 Å². The van der Waals surface area contributed by atoms with Crippen LogP contribution < -0.4 is 5.32 Å². The normalized spacial score (nSPS) is 11.4. The van der Waals surface area contributed by atoms with Crippen molar-refractivity contribution in [1.29, 1.82) is 0 Å². The summed E-state index contributed by atoms with van der Waals surface area (Å²) in [6, 6.07) is 0. The lowest BCUT2D eigenvalue weighted by atomic mass is 10.5. The maximum atomic E-state index is 11.8. The third kappa shape index (κ3) is 6.39. The van der Waals surface area contributed by atoms with Gasteiger partial charge in [0.15, 0.2) is 10.8 Å². The predicted molar refractivity (Wildman–Crippen MR) is 63.4 cm³/mol. The highest BCUT2D eigenvalue weighted by molar-refractivity contribution is 7.13. The van der Waals surface area contributed by atoms with Crippen LogP contribution in [0.5, 0.6) is 0 Å². The van der Waals surface area contributed by atoms with Gasteiger partial charge in [0.05, 0.1) is 13.2 Å². The molecule has 1 aromatic heterocycles. The fourth-order valence-corrected chi connectivity index (χ4v) is 1.78. The summed E-state index contributed by atoms with van der Waals surface area (Å²) in [5.41, 5.74) is 0.172. The molecular formula is C10H13F3N2O3S. The minimum absolute atomic E-state index is 0.103. The summed E-state index contributed by atoms with van der Waals surface area (Å²) in [4.78, 5) is 15.2. The molecule has 1 N–H and O–H groups in total. The van der Waals surface area contributed by atoms with E-state index < -0.39 is 18.8 Å². The molecule has 9 heteroatoms. The second-order valence-corrected chi connectivity index (χ2v) is 4.21. The SMILES string of the molecule is CCOC(=O)c1csc(NCCOCC(F)(F)F)n1. The molecule has 0 saturated heterocycles. The van der Waals surface area contributed by atoms with Crippen LogP contribution in [0.15, 0.2) is 5.38 Å². The zero-order valence-corrected chi connectivity index (χ0v) is 10.9. The standard InChI is InChI=1S/C10H13F3N2O3S/c1-2-18-8(16)7-5-19-9(15-7)14-3-4-17-6-10(11,12)13/h5H,2-4,6H2,1H3,(H,14,15). The van der Waals surface area contributed by atoms with E-state index in [0.717, 1.165) is 0 Å². The molecule has 108 valence electrons. The van der Waals surface area contributed by atoms with Gasteiger partial charge in [0.1, 0.15) is 6.61 Å². The summed E-state index contributed by atoms with van der Waals surface area (Å²) in [6.45, 7) is 0.728. The lowest BCUT2D eigenvalue weighted by Crippen LogP contribution is -2.20. The number of hydrogen-bond donors (Lipinski definition) is 1. The van der Waals surface area contributed by atoms with Crippen molar-refractivity contribution < 1.29 is 27.4 Å². The largest absolute Gasteiger partial charge is 0.461 e. The number of alkyl halides is 3. The molecule has 0 saturated carbocycles. The number of anilines is 1. The van der Waals surface area contributed by atoms with Crippen LogP contribution >= 0.6 is 11.3 Å². The van der Waals surface area contributed by atoms with Gasteiger partial charge in [-0.15, -0.1) is 11.3 Å². The second-order valence-electron chi connectivity index (χ2n) is 3.35. The van der Waals surface area contributed by atoms with E-state index in [2.05, 4.69) is 15.0 Å². The molecule has 1 aromatic rings. The molecule has 0 radical (unpaired) electrons. The Hall–Kier alpha value is -1.35. The highest BCUT2D eigenvalue weighted by Gasteiger charge is 2.27. The highest BCUT2D eigenvalue weighted by Crippen LogP contribution is 2.16. The van der Waals surface area contributed by atoms with Crippen LogP contribution in [0, 0.1) is 0 Å². The first kappa shape index (κ1) is 15.7. The number of thiazole rings is 1. The summed E-state index contributed by atoms with van der Waals surface area (Å²) in [5, 5.41) is 4.70. The Labute approximate surface area is 111 Å². The van der Waals surface area contributed by atoms with Crippen LogP contribution in [0.1, 0.15) is 17.4 Å². The van der Waals surface area contributed by atoms with Gasteiger partial charge in [-0.25, -0.2) is 9.78 Å². The first-order valence-corrected chi connectivity index (χ1v) is 6.31. The molecule has 0 aliphatic rings. The topological polar surface area (TPSA) is 60.5 Å². The van der Waals surface area contributed by atoms with Crippen LogP contribution in [0.25, 0.3) is 0 Å². The average molecular weight is 298 g/mol. The molecule has 1 heterocycles. The number of aromatic nitrogens is 1. The molecule has 0 bridgehead atoms. The van der Waals surface area contributed by atoms with Gasteiger partial charge in [-0.3, -0.25) is 0 Å². The molecule has 0 aliphatic heterocycles. The van der Waals surface area contributed by atoms with Gasteiger partial charge in [-0.1, -0.05) is 0 Å². The molecule has 0 aliphatic carbocycles. The lowest BCUT2D eigenvalue weighted by Gasteiger charge is -2.07. The molecule has 0 atom stereocenters. The number of ether oxygens (including phenoxy) is 2. The Morgan fingerprint density at radius 2 is 2.26 bits per heavy atom. The minimum Gasteiger partial charge on any atom is -0.461 e. The van der Waals surface area contributed by atoms with Crippen molar-refractivity contribution in [1.82, 2.24) is 4.98 Å². The fourth-order valence-electron chi connectivity index (χ4n) is 1.07. The average Bonchev–Trinajstić information content (AvgIpc) is 2.76. The smallest absolute Gasteiger partial charge is 0.411 e. The Morgan fingerprint density at radius 1 is 1.53 bits per heavy atom. The van der Waals surface area contributed by atoms with Crippen molar-refractivity contribution in [3.8, 4) is 0 Å². The van der Waals surface area contributed by atoms with Crippen LogP contribution in [0.3, 0.4) is 0 Å². The van der Waals surface area contributed by atoms with Crippen molar-refractivity contribution in [3.63, 3.8) is 0 Å². The van der Waals surface area contributed by atoms with E-state index in [-0.39, 0.29) is 25.5 Å². The van der Waals surface area contributed by atoms with E-state index in [9.17, 15) is 18.0 Å². The first-order valence-electron chi connectivity index (χ1n) is 5.43. The first-order chi connectivity index (χ1) is 8.92. The van der Waals surface area contributed by atoms with Gasteiger partial charge in [-0.2, -0.15) is 13.2 Å². The summed E-state index contributed by atoms with van der Waals surface area (Å²) in [5.74, 6) is -0.528. The second kappa shape index (κ2) is 7.29. The quantitative estimate of drug-likeness (QED) is 0.618. The maximum absolute atomic E-state index is 11.8. The third-order valence-electron chi connectivity index (χ3n) is 1.78. The molecular weight excluding hydrogens is 285 g/mol. The third-order valence-corrected chi connectivity index (χ3v) is 2.58. The van der Waals surface area contributed by atoms with Gasteiger partial charge in [-0.05, 0) is 6.92 Å². The van der Waals surface area contributed by atoms with Crippen molar-refractivity contribution in [2.24, 2.45) is 0 Å². The van der Waals surface area contributed by atoms with Crippen molar-refractivity contribution in [2.45, 2.75) is 13.1 Å². The van der Waals surface area contributed by atoms with Gasteiger partial charge >= 0.3 is 12.1 Å². The van der Waals surface area contributed by atoms with Gasteiger partial charge in [0, 0.05) is 11.9 Å². The molecule has 19 heavy (non-hydrogen) atoms. The molecule has 5 nitrogen and oxygen atoms in total. The lowest BCUT2D eigenvalue weighted by molar-refractivity contribution is -0.172. The van der Waals surface area contributed by atoms with Crippen LogP contribution in [-0.2, 0) is 9.47 Å². The van der Waals surface area contributed by atoms with Gasteiger partial charge in [0.2, 0.25) is 0 Å². The highest BCUT2D eigenvalue weighted by atomic mass is 32.1. The zero-order valence-electron chi connectivity index (χ0n) is 10.1. The molecule has 1 rings (SSSR count).